The molecule has 1 aromatic heterocycles. The molecule has 1 heterocycles. The summed E-state index contributed by atoms with van der Waals surface area (Å²) in [6, 6.07) is 8.22. The SMILES string of the molecule is CC[C@@H]1CCc2sc(C(=O)N/N=C\c3ccccc3OC(F)F)cc2C1. The van der Waals surface area contributed by atoms with E-state index in [4.69, 9.17) is 0 Å². The minimum Gasteiger partial charge on any atom is -0.434 e. The monoisotopic (exact) mass is 378 g/mol. The van der Waals surface area contributed by atoms with Gasteiger partial charge < -0.3 is 4.74 Å². The van der Waals surface area contributed by atoms with E-state index in [1.54, 1.807) is 18.2 Å². The number of hydrogen-bond donors (Lipinski definition) is 1. The molecule has 0 bridgehead atoms. The Morgan fingerprint density at radius 2 is 2.27 bits per heavy atom. The highest BCUT2D eigenvalue weighted by atomic mass is 32.1. The molecule has 1 aliphatic rings. The van der Waals surface area contributed by atoms with Gasteiger partial charge in [0.15, 0.2) is 0 Å². The second-order valence-electron chi connectivity index (χ2n) is 6.19. The van der Waals surface area contributed by atoms with Gasteiger partial charge in [0, 0.05) is 10.4 Å². The van der Waals surface area contributed by atoms with E-state index in [1.165, 1.54) is 40.5 Å². The molecule has 1 aromatic carbocycles. The summed E-state index contributed by atoms with van der Waals surface area (Å²) in [5.41, 5.74) is 4.09. The van der Waals surface area contributed by atoms with Crippen LogP contribution in [0.2, 0.25) is 0 Å². The molecule has 0 fully saturated rings. The van der Waals surface area contributed by atoms with Crippen LogP contribution in [0.25, 0.3) is 0 Å². The van der Waals surface area contributed by atoms with Crippen molar-refractivity contribution in [3.05, 3.63) is 51.2 Å². The number of nitrogens with zero attached hydrogens (tertiary/aromatic N) is 1. The Hall–Kier alpha value is -2.28. The van der Waals surface area contributed by atoms with Gasteiger partial charge in [-0.15, -0.1) is 11.3 Å². The van der Waals surface area contributed by atoms with Crippen molar-refractivity contribution in [3.8, 4) is 5.75 Å². The summed E-state index contributed by atoms with van der Waals surface area (Å²) >= 11 is 1.50. The van der Waals surface area contributed by atoms with Gasteiger partial charge in [-0.1, -0.05) is 25.5 Å². The Labute approximate surface area is 154 Å². The van der Waals surface area contributed by atoms with Gasteiger partial charge in [-0.05, 0) is 48.9 Å². The Balaban J connectivity index is 1.65. The zero-order chi connectivity index (χ0) is 18.5. The van der Waals surface area contributed by atoms with E-state index in [1.807, 2.05) is 6.07 Å². The van der Waals surface area contributed by atoms with Gasteiger partial charge in [-0.25, -0.2) is 5.43 Å². The molecule has 7 heteroatoms. The van der Waals surface area contributed by atoms with Gasteiger partial charge in [0.2, 0.25) is 0 Å². The first-order valence-electron chi connectivity index (χ1n) is 8.55. The largest absolute Gasteiger partial charge is 0.434 e. The quantitative estimate of drug-likeness (QED) is 0.589. The average Bonchev–Trinajstić information content (AvgIpc) is 3.05. The number of fused-ring (bicyclic) bond motifs is 1. The van der Waals surface area contributed by atoms with Crippen LogP contribution in [0.3, 0.4) is 0 Å². The van der Waals surface area contributed by atoms with E-state index >= 15 is 0 Å². The Kier molecular flexibility index (Phi) is 5.98. The molecular weight excluding hydrogens is 358 g/mol. The van der Waals surface area contributed by atoms with E-state index in [2.05, 4.69) is 22.2 Å². The van der Waals surface area contributed by atoms with Crippen molar-refractivity contribution in [1.82, 2.24) is 5.43 Å². The molecule has 1 aliphatic carbocycles. The number of ether oxygens (including phenoxy) is 1. The number of thiophene rings is 1. The maximum Gasteiger partial charge on any atom is 0.387 e. The van der Waals surface area contributed by atoms with Crippen LogP contribution >= 0.6 is 11.3 Å². The number of amides is 1. The number of carbonyl (C=O) groups excluding carboxylic acids is 1. The summed E-state index contributed by atoms with van der Waals surface area (Å²) in [7, 11) is 0. The van der Waals surface area contributed by atoms with Crippen LogP contribution < -0.4 is 10.2 Å². The van der Waals surface area contributed by atoms with Crippen LogP contribution in [-0.4, -0.2) is 18.7 Å². The van der Waals surface area contributed by atoms with E-state index in [0.717, 1.165) is 19.3 Å². The number of hydrogen-bond acceptors (Lipinski definition) is 4. The number of para-hydroxylation sites is 1. The van der Waals surface area contributed by atoms with E-state index in [-0.39, 0.29) is 11.7 Å². The van der Waals surface area contributed by atoms with Gasteiger partial charge in [-0.3, -0.25) is 4.79 Å². The minimum atomic E-state index is -2.91. The lowest BCUT2D eigenvalue weighted by Crippen LogP contribution is -2.16. The zero-order valence-electron chi connectivity index (χ0n) is 14.4. The average molecular weight is 378 g/mol. The topological polar surface area (TPSA) is 50.7 Å². The first-order valence-corrected chi connectivity index (χ1v) is 9.37. The molecule has 0 spiro atoms. The first kappa shape index (κ1) is 18.5. The molecule has 1 atom stereocenters. The van der Waals surface area contributed by atoms with Crippen molar-refractivity contribution >= 4 is 23.5 Å². The van der Waals surface area contributed by atoms with Crippen LogP contribution in [0.1, 0.15) is 45.4 Å². The summed E-state index contributed by atoms with van der Waals surface area (Å²) in [5.74, 6) is 0.413. The number of carbonyl (C=O) groups is 1. The standard InChI is InChI=1S/C19H20F2N2O2S/c1-2-12-7-8-16-14(9-12)10-17(26-16)18(24)23-22-11-13-5-3-4-6-15(13)25-19(20)21/h3-6,10-12,19H,2,7-9H2,1H3,(H,23,24)/b22-11-/t12-/m1/s1. The summed E-state index contributed by atoms with van der Waals surface area (Å²) in [6.45, 7) is -0.719. The molecule has 0 saturated carbocycles. The third kappa shape index (κ3) is 4.46. The van der Waals surface area contributed by atoms with Crippen molar-refractivity contribution in [1.29, 1.82) is 0 Å². The molecule has 138 valence electrons. The molecule has 0 radical (unpaired) electrons. The number of aryl methyl sites for hydroxylation is 1. The van der Waals surface area contributed by atoms with Crippen molar-refractivity contribution in [2.75, 3.05) is 0 Å². The molecule has 1 N–H and O–H groups in total. The van der Waals surface area contributed by atoms with Crippen molar-refractivity contribution in [2.45, 2.75) is 39.2 Å². The molecule has 0 aliphatic heterocycles. The Bertz CT molecular complexity index is 805. The van der Waals surface area contributed by atoms with Gasteiger partial charge in [-0.2, -0.15) is 13.9 Å². The molecule has 4 nitrogen and oxygen atoms in total. The third-order valence-corrected chi connectivity index (χ3v) is 5.73. The summed E-state index contributed by atoms with van der Waals surface area (Å²) in [6.07, 6.45) is 5.67. The van der Waals surface area contributed by atoms with Gasteiger partial charge >= 0.3 is 6.61 Å². The molecular formula is C19H20F2N2O2S. The number of rotatable bonds is 6. The summed E-state index contributed by atoms with van der Waals surface area (Å²) in [5, 5.41) is 3.88. The maximum atomic E-state index is 12.4. The fraction of sp³-hybridized carbons (Fsp3) is 0.368. The third-order valence-electron chi connectivity index (χ3n) is 4.49. The molecule has 1 amide bonds. The lowest BCUT2D eigenvalue weighted by atomic mass is 9.87. The fourth-order valence-electron chi connectivity index (χ4n) is 3.07. The van der Waals surface area contributed by atoms with Crippen molar-refractivity contribution < 1.29 is 18.3 Å². The van der Waals surface area contributed by atoms with Crippen molar-refractivity contribution in [2.24, 2.45) is 11.0 Å². The molecule has 0 saturated heterocycles. The van der Waals surface area contributed by atoms with Crippen LogP contribution in [0, 0.1) is 5.92 Å². The van der Waals surface area contributed by atoms with Crippen LogP contribution in [0.15, 0.2) is 35.4 Å². The van der Waals surface area contributed by atoms with Crippen molar-refractivity contribution in [3.63, 3.8) is 0 Å². The Morgan fingerprint density at radius 1 is 1.46 bits per heavy atom. The number of benzene rings is 1. The predicted molar refractivity (Wildman–Crippen MR) is 98.3 cm³/mol. The minimum absolute atomic E-state index is 0.0118. The number of hydrazone groups is 1. The van der Waals surface area contributed by atoms with Crippen LogP contribution in [0.4, 0.5) is 8.78 Å². The Morgan fingerprint density at radius 3 is 3.04 bits per heavy atom. The van der Waals surface area contributed by atoms with Gasteiger partial charge in [0.05, 0.1) is 11.1 Å². The second kappa shape index (κ2) is 8.40. The second-order valence-corrected chi connectivity index (χ2v) is 7.33. The summed E-state index contributed by atoms with van der Waals surface area (Å²) < 4.78 is 29.2. The van der Waals surface area contributed by atoms with Gasteiger partial charge in [0.25, 0.3) is 5.91 Å². The number of halogens is 2. The van der Waals surface area contributed by atoms with E-state index in [0.29, 0.717) is 16.4 Å². The first-order chi connectivity index (χ1) is 12.6. The number of alkyl halides is 2. The smallest absolute Gasteiger partial charge is 0.387 e. The predicted octanol–water partition coefficient (Wildman–Crippen LogP) is 4.63. The molecule has 3 rings (SSSR count). The maximum absolute atomic E-state index is 12.4. The van der Waals surface area contributed by atoms with Gasteiger partial charge in [0.1, 0.15) is 5.75 Å². The fourth-order valence-corrected chi connectivity index (χ4v) is 4.16. The normalized spacial score (nSPS) is 16.7. The van der Waals surface area contributed by atoms with Crippen LogP contribution in [0.5, 0.6) is 5.75 Å². The van der Waals surface area contributed by atoms with E-state index in [9.17, 15) is 13.6 Å². The molecule has 26 heavy (non-hydrogen) atoms. The highest BCUT2D eigenvalue weighted by molar-refractivity contribution is 7.14. The van der Waals surface area contributed by atoms with E-state index < -0.39 is 6.61 Å². The zero-order valence-corrected chi connectivity index (χ0v) is 15.2. The highest BCUT2D eigenvalue weighted by Gasteiger charge is 2.21. The summed E-state index contributed by atoms with van der Waals surface area (Å²) in [4.78, 5) is 14.2. The highest BCUT2D eigenvalue weighted by Crippen LogP contribution is 2.33. The molecule has 0 unspecified atom stereocenters. The molecule has 2 aromatic rings. The number of nitrogens with one attached hydrogen (secondary N) is 1. The lowest BCUT2D eigenvalue weighted by Gasteiger charge is -2.19. The lowest BCUT2D eigenvalue weighted by molar-refractivity contribution is -0.0499. The van der Waals surface area contributed by atoms with Crippen LogP contribution in [-0.2, 0) is 12.8 Å².